The van der Waals surface area contributed by atoms with Gasteiger partial charge in [-0.05, 0) is 25.1 Å². The van der Waals surface area contributed by atoms with Crippen LogP contribution in [0.1, 0.15) is 16.2 Å². The quantitative estimate of drug-likeness (QED) is 0.807. The predicted octanol–water partition coefficient (Wildman–Crippen LogP) is 2.43. The average molecular weight is 376 g/mol. The van der Waals surface area contributed by atoms with Crippen molar-refractivity contribution >= 4 is 29.1 Å². The number of ether oxygens (including phenoxy) is 1. The van der Waals surface area contributed by atoms with Crippen molar-refractivity contribution in [3.8, 4) is 0 Å². The molecule has 0 radical (unpaired) electrons. The molecule has 1 aliphatic heterocycles. The van der Waals surface area contributed by atoms with Crippen LogP contribution in [-0.4, -0.2) is 60.2 Å². The number of morpholine rings is 1. The van der Waals surface area contributed by atoms with Crippen molar-refractivity contribution in [3.63, 3.8) is 0 Å². The van der Waals surface area contributed by atoms with Gasteiger partial charge in [-0.2, -0.15) is 0 Å². The van der Waals surface area contributed by atoms with E-state index >= 15 is 0 Å². The number of anilines is 2. The Balaban J connectivity index is 1.61. The molecular formula is C18H22ClN5O2. The number of rotatable bonds is 6. The summed E-state index contributed by atoms with van der Waals surface area (Å²) >= 11 is 6.09. The fraction of sp³-hybridized carbons (Fsp3) is 0.389. The lowest BCUT2D eigenvalue weighted by molar-refractivity contribution is 0.0398. The summed E-state index contributed by atoms with van der Waals surface area (Å²) in [5.41, 5.74) is 1.57. The molecule has 26 heavy (non-hydrogen) atoms. The van der Waals surface area contributed by atoms with Crippen molar-refractivity contribution in [2.75, 3.05) is 50.0 Å². The Bertz CT molecular complexity index is 765. The average Bonchev–Trinajstić information content (AvgIpc) is 2.64. The highest BCUT2D eigenvalue weighted by molar-refractivity contribution is 6.33. The van der Waals surface area contributed by atoms with Crippen molar-refractivity contribution in [1.82, 2.24) is 14.9 Å². The summed E-state index contributed by atoms with van der Waals surface area (Å²) < 4.78 is 5.34. The Morgan fingerprint density at radius 3 is 2.81 bits per heavy atom. The summed E-state index contributed by atoms with van der Waals surface area (Å²) in [6.45, 7) is 6.82. The molecule has 8 heteroatoms. The monoisotopic (exact) mass is 375 g/mol. The molecule has 0 unspecified atom stereocenters. The summed E-state index contributed by atoms with van der Waals surface area (Å²) in [6.07, 6.45) is 0. The van der Waals surface area contributed by atoms with E-state index in [1.807, 2.05) is 19.1 Å². The largest absolute Gasteiger partial charge is 0.379 e. The Morgan fingerprint density at radius 2 is 2.04 bits per heavy atom. The molecule has 0 saturated carbocycles. The van der Waals surface area contributed by atoms with E-state index in [1.54, 1.807) is 18.2 Å². The SMILES string of the molecule is Cc1cc(C(=O)Nc2ccccc2Cl)nc(NCCN2CCOCC2)n1. The van der Waals surface area contributed by atoms with E-state index in [1.165, 1.54) is 0 Å². The fourth-order valence-electron chi connectivity index (χ4n) is 2.66. The van der Waals surface area contributed by atoms with Crippen LogP contribution >= 0.6 is 11.6 Å². The molecule has 1 saturated heterocycles. The van der Waals surface area contributed by atoms with Crippen LogP contribution in [-0.2, 0) is 4.74 Å². The Labute approximate surface area is 157 Å². The number of para-hydroxylation sites is 1. The molecule has 0 atom stereocenters. The second-order valence-electron chi connectivity index (χ2n) is 6.03. The number of nitrogens with one attached hydrogen (secondary N) is 2. The maximum absolute atomic E-state index is 12.5. The number of hydrogen-bond acceptors (Lipinski definition) is 6. The second-order valence-corrected chi connectivity index (χ2v) is 6.44. The molecule has 1 amide bonds. The molecule has 1 aromatic heterocycles. The van der Waals surface area contributed by atoms with Crippen LogP contribution in [0.5, 0.6) is 0 Å². The number of carbonyl (C=O) groups excluding carboxylic acids is 1. The smallest absolute Gasteiger partial charge is 0.274 e. The van der Waals surface area contributed by atoms with E-state index in [0.717, 1.165) is 38.5 Å². The molecule has 1 aliphatic rings. The van der Waals surface area contributed by atoms with Gasteiger partial charge in [0.25, 0.3) is 5.91 Å². The van der Waals surface area contributed by atoms with E-state index in [0.29, 0.717) is 28.9 Å². The minimum Gasteiger partial charge on any atom is -0.379 e. The van der Waals surface area contributed by atoms with Gasteiger partial charge in [-0.1, -0.05) is 23.7 Å². The number of nitrogens with zero attached hydrogens (tertiary/aromatic N) is 3. The molecule has 2 heterocycles. The molecule has 1 aromatic carbocycles. The maximum atomic E-state index is 12.5. The van der Waals surface area contributed by atoms with Gasteiger partial charge < -0.3 is 15.4 Å². The van der Waals surface area contributed by atoms with Gasteiger partial charge in [-0.25, -0.2) is 9.97 Å². The molecule has 0 spiro atoms. The molecule has 0 bridgehead atoms. The number of amides is 1. The normalized spacial score (nSPS) is 14.8. The van der Waals surface area contributed by atoms with Gasteiger partial charge >= 0.3 is 0 Å². The minimum atomic E-state index is -0.320. The van der Waals surface area contributed by atoms with Crippen LogP contribution in [0, 0.1) is 6.92 Å². The topological polar surface area (TPSA) is 79.4 Å². The van der Waals surface area contributed by atoms with Crippen LogP contribution in [0.25, 0.3) is 0 Å². The fourth-order valence-corrected chi connectivity index (χ4v) is 2.85. The summed E-state index contributed by atoms with van der Waals surface area (Å²) in [4.78, 5) is 23.5. The number of aromatic nitrogens is 2. The lowest BCUT2D eigenvalue weighted by Crippen LogP contribution is -2.39. The van der Waals surface area contributed by atoms with Crippen LogP contribution in [0.4, 0.5) is 11.6 Å². The van der Waals surface area contributed by atoms with Crippen molar-refractivity contribution in [2.24, 2.45) is 0 Å². The van der Waals surface area contributed by atoms with Crippen molar-refractivity contribution in [3.05, 3.63) is 46.7 Å². The van der Waals surface area contributed by atoms with E-state index in [2.05, 4.69) is 25.5 Å². The first-order valence-electron chi connectivity index (χ1n) is 8.57. The molecule has 2 N–H and O–H groups in total. The standard InChI is InChI=1S/C18H22ClN5O2/c1-13-12-16(17(25)22-15-5-3-2-4-14(15)19)23-18(21-13)20-6-7-24-8-10-26-11-9-24/h2-5,12H,6-11H2,1H3,(H,22,25)(H,20,21,23). The minimum absolute atomic E-state index is 0.297. The third-order valence-electron chi connectivity index (χ3n) is 4.02. The number of aryl methyl sites for hydroxylation is 1. The Hall–Kier alpha value is -2.22. The first-order valence-corrected chi connectivity index (χ1v) is 8.95. The van der Waals surface area contributed by atoms with Gasteiger partial charge in [-0.15, -0.1) is 0 Å². The van der Waals surface area contributed by atoms with E-state index in [4.69, 9.17) is 16.3 Å². The van der Waals surface area contributed by atoms with Gasteiger partial charge in [0.1, 0.15) is 5.69 Å². The summed E-state index contributed by atoms with van der Waals surface area (Å²) in [5, 5.41) is 6.45. The molecule has 1 fully saturated rings. The molecule has 7 nitrogen and oxygen atoms in total. The highest BCUT2D eigenvalue weighted by Crippen LogP contribution is 2.21. The molecule has 0 aliphatic carbocycles. The highest BCUT2D eigenvalue weighted by atomic mass is 35.5. The van der Waals surface area contributed by atoms with E-state index in [-0.39, 0.29) is 5.91 Å². The second kappa shape index (κ2) is 8.93. The molecule has 138 valence electrons. The van der Waals surface area contributed by atoms with E-state index < -0.39 is 0 Å². The number of carbonyl (C=O) groups is 1. The lowest BCUT2D eigenvalue weighted by Gasteiger charge is -2.26. The summed E-state index contributed by atoms with van der Waals surface area (Å²) in [5.74, 6) is 0.127. The van der Waals surface area contributed by atoms with Crippen LogP contribution in [0.15, 0.2) is 30.3 Å². The number of benzene rings is 1. The number of halogens is 1. The van der Waals surface area contributed by atoms with Crippen LogP contribution in [0.3, 0.4) is 0 Å². The van der Waals surface area contributed by atoms with Gasteiger partial charge in [-0.3, -0.25) is 9.69 Å². The van der Waals surface area contributed by atoms with Gasteiger partial charge in [0.05, 0.1) is 23.9 Å². The van der Waals surface area contributed by atoms with Crippen molar-refractivity contribution in [1.29, 1.82) is 0 Å². The third kappa shape index (κ3) is 5.14. The number of hydrogen-bond donors (Lipinski definition) is 2. The first kappa shape index (κ1) is 18.6. The molecule has 3 rings (SSSR count). The van der Waals surface area contributed by atoms with E-state index in [9.17, 15) is 4.79 Å². The Kier molecular flexibility index (Phi) is 6.38. The van der Waals surface area contributed by atoms with Crippen LogP contribution in [0.2, 0.25) is 5.02 Å². The van der Waals surface area contributed by atoms with Crippen molar-refractivity contribution < 1.29 is 9.53 Å². The highest BCUT2D eigenvalue weighted by Gasteiger charge is 2.13. The van der Waals surface area contributed by atoms with Crippen LogP contribution < -0.4 is 10.6 Å². The van der Waals surface area contributed by atoms with Gasteiger partial charge in [0, 0.05) is 31.9 Å². The Morgan fingerprint density at radius 1 is 1.27 bits per heavy atom. The predicted molar refractivity (Wildman–Crippen MR) is 102 cm³/mol. The first-order chi connectivity index (χ1) is 12.6. The summed E-state index contributed by atoms with van der Waals surface area (Å²) in [7, 11) is 0. The lowest BCUT2D eigenvalue weighted by atomic mass is 10.3. The third-order valence-corrected chi connectivity index (χ3v) is 4.35. The zero-order valence-corrected chi connectivity index (χ0v) is 15.4. The molecular weight excluding hydrogens is 354 g/mol. The zero-order valence-electron chi connectivity index (χ0n) is 14.7. The van der Waals surface area contributed by atoms with Crippen molar-refractivity contribution in [2.45, 2.75) is 6.92 Å². The molecule has 2 aromatic rings. The zero-order chi connectivity index (χ0) is 18.4. The van der Waals surface area contributed by atoms with Gasteiger partial charge in [0.15, 0.2) is 0 Å². The maximum Gasteiger partial charge on any atom is 0.274 e. The summed E-state index contributed by atoms with van der Waals surface area (Å²) in [6, 6.07) is 8.74. The van der Waals surface area contributed by atoms with Gasteiger partial charge in [0.2, 0.25) is 5.95 Å².